The van der Waals surface area contributed by atoms with Gasteiger partial charge in [0.2, 0.25) is 0 Å². The first-order chi connectivity index (χ1) is 16.9. The average molecular weight is 465 g/mol. The summed E-state index contributed by atoms with van der Waals surface area (Å²) in [5.74, 6) is -0.255. The smallest absolute Gasteiger partial charge is 0.303 e. The van der Waals surface area contributed by atoms with E-state index in [2.05, 4.69) is 10.2 Å². The van der Waals surface area contributed by atoms with Crippen LogP contribution in [-0.2, 0) is 11.2 Å². The van der Waals surface area contributed by atoms with Crippen LogP contribution in [0.4, 0.5) is 5.69 Å². The molecule has 0 aromatic heterocycles. The summed E-state index contributed by atoms with van der Waals surface area (Å²) in [5.41, 5.74) is 2.50. The van der Waals surface area contributed by atoms with E-state index >= 15 is 0 Å². The van der Waals surface area contributed by atoms with Gasteiger partial charge in [-0.15, -0.1) is 0 Å². The summed E-state index contributed by atoms with van der Waals surface area (Å²) in [5, 5.41) is 14.4. The molecule has 174 valence electrons. The van der Waals surface area contributed by atoms with Crippen molar-refractivity contribution >= 4 is 28.3 Å². The first-order valence-corrected chi connectivity index (χ1v) is 11.2. The van der Waals surface area contributed by atoms with Gasteiger partial charge in [0.25, 0.3) is 5.91 Å². The zero-order valence-electron chi connectivity index (χ0n) is 19.2. The highest BCUT2D eigenvalue weighted by Crippen LogP contribution is 2.28. The number of rotatable bonds is 8. The van der Waals surface area contributed by atoms with Gasteiger partial charge in [0.05, 0.1) is 12.6 Å². The monoisotopic (exact) mass is 464 g/mol. The minimum absolute atomic E-state index is 0.0859. The van der Waals surface area contributed by atoms with Gasteiger partial charge in [0, 0.05) is 12.0 Å². The summed E-state index contributed by atoms with van der Waals surface area (Å²) in [7, 11) is 0. The normalized spacial score (nSPS) is 11.4. The number of amides is 1. The molecule has 4 aromatic rings. The van der Waals surface area contributed by atoms with Crippen molar-refractivity contribution in [2.45, 2.75) is 25.8 Å². The third-order valence-electron chi connectivity index (χ3n) is 5.77. The molecule has 0 spiro atoms. The van der Waals surface area contributed by atoms with Crippen molar-refractivity contribution in [1.29, 1.82) is 0 Å². The summed E-state index contributed by atoms with van der Waals surface area (Å²) < 4.78 is 5.90. The van der Waals surface area contributed by atoms with E-state index in [0.29, 0.717) is 28.3 Å². The van der Waals surface area contributed by atoms with E-state index in [-0.39, 0.29) is 24.8 Å². The molecule has 35 heavy (non-hydrogen) atoms. The quantitative estimate of drug-likeness (QED) is 0.285. The number of aryl methyl sites for hydroxylation is 1. The van der Waals surface area contributed by atoms with E-state index < -0.39 is 5.97 Å². The van der Waals surface area contributed by atoms with Gasteiger partial charge in [0.1, 0.15) is 11.5 Å². The fourth-order valence-corrected chi connectivity index (χ4v) is 4.00. The molecule has 0 radical (unpaired) electrons. The SMILES string of the molecule is [C-]#[N+]c1ccc(Oc2ccc(CCC(=O)O)c(C(=O)N[C@H](C)c3cccc4ccccc34)c2)cc1. The van der Waals surface area contributed by atoms with Crippen LogP contribution in [0.5, 0.6) is 11.5 Å². The first kappa shape index (κ1) is 23.5. The lowest BCUT2D eigenvalue weighted by Gasteiger charge is -2.18. The molecule has 0 aliphatic carbocycles. The van der Waals surface area contributed by atoms with Gasteiger partial charge in [0.15, 0.2) is 5.69 Å². The molecule has 0 heterocycles. The molecule has 6 nitrogen and oxygen atoms in total. The van der Waals surface area contributed by atoms with Crippen molar-refractivity contribution in [3.8, 4) is 11.5 Å². The third kappa shape index (κ3) is 5.66. The van der Waals surface area contributed by atoms with E-state index in [9.17, 15) is 9.59 Å². The molecule has 2 N–H and O–H groups in total. The summed E-state index contributed by atoms with van der Waals surface area (Å²) in [6.07, 6.45) is 0.137. The summed E-state index contributed by atoms with van der Waals surface area (Å²) in [4.78, 5) is 27.9. The predicted molar refractivity (Wildman–Crippen MR) is 135 cm³/mol. The van der Waals surface area contributed by atoms with Crippen LogP contribution in [0.3, 0.4) is 0 Å². The maximum absolute atomic E-state index is 13.4. The highest BCUT2D eigenvalue weighted by atomic mass is 16.5. The highest BCUT2D eigenvalue weighted by Gasteiger charge is 2.18. The molecular formula is C29H24N2O4. The topological polar surface area (TPSA) is 80.0 Å². The number of ether oxygens (including phenoxy) is 1. The maximum Gasteiger partial charge on any atom is 0.303 e. The van der Waals surface area contributed by atoms with Crippen molar-refractivity contribution in [2.24, 2.45) is 0 Å². The van der Waals surface area contributed by atoms with Crippen LogP contribution in [0, 0.1) is 6.57 Å². The van der Waals surface area contributed by atoms with Crippen molar-refractivity contribution < 1.29 is 19.4 Å². The predicted octanol–water partition coefficient (Wildman–Crippen LogP) is 6.69. The van der Waals surface area contributed by atoms with Crippen LogP contribution >= 0.6 is 0 Å². The number of carbonyl (C=O) groups excluding carboxylic acids is 1. The van der Waals surface area contributed by atoms with Crippen molar-refractivity contribution in [3.63, 3.8) is 0 Å². The van der Waals surface area contributed by atoms with Gasteiger partial charge in [-0.3, -0.25) is 9.59 Å². The molecule has 0 aliphatic heterocycles. The second-order valence-corrected chi connectivity index (χ2v) is 8.18. The fraction of sp³-hybridized carbons (Fsp3) is 0.138. The zero-order chi connectivity index (χ0) is 24.8. The number of aliphatic carboxylic acids is 1. The second-order valence-electron chi connectivity index (χ2n) is 8.18. The molecule has 0 bridgehead atoms. The molecule has 0 unspecified atom stereocenters. The Morgan fingerprint density at radius 2 is 1.69 bits per heavy atom. The average Bonchev–Trinajstić information content (AvgIpc) is 2.87. The van der Waals surface area contributed by atoms with E-state index in [4.69, 9.17) is 16.4 Å². The largest absolute Gasteiger partial charge is 0.481 e. The molecule has 4 aromatic carbocycles. The molecular weight excluding hydrogens is 440 g/mol. The number of hydrogen-bond acceptors (Lipinski definition) is 3. The van der Waals surface area contributed by atoms with Gasteiger partial charge in [-0.25, -0.2) is 4.85 Å². The number of nitrogens with zero attached hydrogens (tertiary/aromatic N) is 1. The number of nitrogens with one attached hydrogen (secondary N) is 1. The van der Waals surface area contributed by atoms with Gasteiger partial charge in [-0.1, -0.05) is 60.7 Å². The Morgan fingerprint density at radius 1 is 0.971 bits per heavy atom. The fourth-order valence-electron chi connectivity index (χ4n) is 4.00. The minimum Gasteiger partial charge on any atom is -0.481 e. The number of carbonyl (C=O) groups is 2. The first-order valence-electron chi connectivity index (χ1n) is 11.2. The minimum atomic E-state index is -0.930. The Labute approximate surface area is 203 Å². The molecule has 6 heteroatoms. The van der Waals surface area contributed by atoms with Gasteiger partial charge < -0.3 is 15.2 Å². The van der Waals surface area contributed by atoms with Crippen LogP contribution in [0.1, 0.15) is 40.9 Å². The van der Waals surface area contributed by atoms with E-state index in [1.54, 1.807) is 42.5 Å². The molecule has 0 aliphatic rings. The van der Waals surface area contributed by atoms with Crippen LogP contribution in [0.15, 0.2) is 84.9 Å². The molecule has 0 saturated carbocycles. The van der Waals surface area contributed by atoms with Crippen molar-refractivity contribution in [3.05, 3.63) is 113 Å². The van der Waals surface area contributed by atoms with E-state index in [0.717, 1.165) is 16.3 Å². The van der Waals surface area contributed by atoms with Gasteiger partial charge in [-0.2, -0.15) is 0 Å². The van der Waals surface area contributed by atoms with Crippen LogP contribution < -0.4 is 10.1 Å². The summed E-state index contributed by atoms with van der Waals surface area (Å²) in [6.45, 7) is 8.99. The Morgan fingerprint density at radius 3 is 2.43 bits per heavy atom. The lowest BCUT2D eigenvalue weighted by Crippen LogP contribution is -2.27. The third-order valence-corrected chi connectivity index (χ3v) is 5.77. The Kier molecular flexibility index (Phi) is 7.08. The Bertz CT molecular complexity index is 1420. The molecule has 0 saturated heterocycles. The Balaban J connectivity index is 1.61. The summed E-state index contributed by atoms with van der Waals surface area (Å²) >= 11 is 0. The lowest BCUT2D eigenvalue weighted by molar-refractivity contribution is -0.136. The lowest BCUT2D eigenvalue weighted by atomic mass is 9.98. The van der Waals surface area contributed by atoms with Crippen molar-refractivity contribution in [1.82, 2.24) is 5.32 Å². The van der Waals surface area contributed by atoms with Crippen LogP contribution in [0.25, 0.3) is 15.6 Å². The number of fused-ring (bicyclic) bond motifs is 1. The second kappa shape index (κ2) is 10.5. The van der Waals surface area contributed by atoms with E-state index in [1.165, 1.54) is 0 Å². The molecule has 4 rings (SSSR count). The number of hydrogen-bond donors (Lipinski definition) is 2. The molecule has 0 fully saturated rings. The molecule has 1 atom stereocenters. The van der Waals surface area contributed by atoms with Gasteiger partial charge in [-0.05, 0) is 59.5 Å². The van der Waals surface area contributed by atoms with Crippen LogP contribution in [0.2, 0.25) is 0 Å². The van der Waals surface area contributed by atoms with Crippen molar-refractivity contribution in [2.75, 3.05) is 0 Å². The molecule has 1 amide bonds. The number of benzene rings is 4. The highest BCUT2D eigenvalue weighted by molar-refractivity contribution is 5.97. The summed E-state index contributed by atoms with van der Waals surface area (Å²) in [6, 6.07) is 25.5. The van der Waals surface area contributed by atoms with Crippen LogP contribution in [-0.4, -0.2) is 17.0 Å². The number of carboxylic acid groups (broad SMARTS) is 1. The zero-order valence-corrected chi connectivity index (χ0v) is 19.2. The maximum atomic E-state index is 13.4. The van der Waals surface area contributed by atoms with E-state index in [1.807, 2.05) is 49.4 Å². The number of carboxylic acids is 1. The standard InChI is InChI=1S/C29H24N2O4/c1-19(25-9-5-7-20-6-3-4-8-26(20)25)31-29(34)27-18-24(14-10-21(27)11-17-28(32)33)35-23-15-12-22(30-2)13-16-23/h3-10,12-16,18-19H,11,17H2,1H3,(H,31,34)(H,32,33)/t19-/m1/s1. The Hall–Kier alpha value is -4.63. The van der Waals surface area contributed by atoms with Gasteiger partial charge >= 0.3 is 5.97 Å².